The van der Waals surface area contributed by atoms with Crippen molar-refractivity contribution in [2.45, 2.75) is 25.7 Å². The Balaban J connectivity index is 1.23. The number of amides is 2. The number of piperidine rings is 1. The minimum atomic E-state index is -0.255. The number of nitrogens with one attached hydrogen (secondary N) is 1. The minimum Gasteiger partial charge on any atom is -0.497 e. The number of carbonyl (C=O) groups excluding carboxylic acids is 2. The molecular weight excluding hydrogens is 460 g/mol. The largest absolute Gasteiger partial charge is 0.497 e. The molecule has 0 aliphatic carbocycles. The highest BCUT2D eigenvalue weighted by molar-refractivity contribution is 5.97. The highest BCUT2D eigenvalue weighted by Crippen LogP contribution is 2.41. The second-order valence-corrected chi connectivity index (χ2v) is 9.65. The van der Waals surface area contributed by atoms with Gasteiger partial charge in [0.15, 0.2) is 0 Å². The smallest absolute Gasteiger partial charge is 0.272 e. The van der Waals surface area contributed by atoms with Crippen LogP contribution in [0.4, 0.5) is 0 Å². The molecule has 0 radical (unpaired) electrons. The van der Waals surface area contributed by atoms with Crippen LogP contribution in [0.3, 0.4) is 0 Å². The summed E-state index contributed by atoms with van der Waals surface area (Å²) in [6.45, 7) is 2.64. The van der Waals surface area contributed by atoms with Crippen molar-refractivity contribution in [2.75, 3.05) is 40.4 Å². The number of aromatic nitrogens is 2. The van der Waals surface area contributed by atoms with Crippen molar-refractivity contribution in [1.29, 1.82) is 0 Å². The molecule has 9 nitrogen and oxygen atoms in total. The molecule has 2 aromatic carbocycles. The molecule has 2 aliphatic heterocycles. The van der Waals surface area contributed by atoms with Crippen LogP contribution >= 0.6 is 0 Å². The molecule has 5 rings (SSSR count). The number of rotatable bonds is 5. The lowest BCUT2D eigenvalue weighted by Gasteiger charge is -2.39. The molecule has 3 heterocycles. The van der Waals surface area contributed by atoms with Gasteiger partial charge in [-0.2, -0.15) is 5.10 Å². The summed E-state index contributed by atoms with van der Waals surface area (Å²) in [5.74, 6) is 1.09. The summed E-state index contributed by atoms with van der Waals surface area (Å²) in [5, 5.41) is 7.92. The lowest BCUT2D eigenvalue weighted by atomic mass is 9.77. The maximum absolute atomic E-state index is 13.3. The summed E-state index contributed by atoms with van der Waals surface area (Å²) in [6, 6.07) is 12.5. The standard InChI is InChI=1S/C27H30N4O5/c1-35-18-7-8-23(36-2)21(15-18)26(34)30-12-9-27(10-13-30)11-14-31(17-27)24(32)16-22-19-5-3-4-6-20(19)25(33)29-28-22/h3-8,15H,9-14,16-17H2,1-2H3,(H,29,33). The quantitative estimate of drug-likeness (QED) is 0.590. The Morgan fingerprint density at radius 3 is 2.36 bits per heavy atom. The van der Waals surface area contributed by atoms with Gasteiger partial charge in [-0.1, -0.05) is 18.2 Å². The number of hydrogen-bond donors (Lipinski definition) is 1. The number of methoxy groups -OCH3 is 2. The SMILES string of the molecule is COc1ccc(OC)c(C(=O)N2CCC3(CCN(C(=O)Cc4n[nH]c(=O)c5ccccc45)C3)CC2)c1. The molecule has 36 heavy (non-hydrogen) atoms. The summed E-state index contributed by atoms with van der Waals surface area (Å²) in [5.41, 5.74) is 0.848. The van der Waals surface area contributed by atoms with E-state index in [1.165, 1.54) is 0 Å². The topological polar surface area (TPSA) is 105 Å². The molecule has 188 valence electrons. The lowest BCUT2D eigenvalue weighted by Crippen LogP contribution is -2.45. The van der Waals surface area contributed by atoms with Crippen LogP contribution in [-0.2, 0) is 11.2 Å². The van der Waals surface area contributed by atoms with Gasteiger partial charge >= 0.3 is 0 Å². The number of likely N-dealkylation sites (tertiary alicyclic amines) is 2. The molecule has 0 atom stereocenters. The number of aromatic amines is 1. The number of nitrogens with zero attached hydrogens (tertiary/aromatic N) is 3. The number of fused-ring (bicyclic) bond motifs is 1. The van der Waals surface area contributed by atoms with Crippen LogP contribution in [0.15, 0.2) is 47.3 Å². The lowest BCUT2D eigenvalue weighted by molar-refractivity contribution is -0.130. The summed E-state index contributed by atoms with van der Waals surface area (Å²) in [4.78, 5) is 42.2. The summed E-state index contributed by atoms with van der Waals surface area (Å²) >= 11 is 0. The van der Waals surface area contributed by atoms with E-state index in [1.807, 2.05) is 21.9 Å². The first kappa shape index (κ1) is 23.8. The van der Waals surface area contributed by atoms with Gasteiger partial charge < -0.3 is 19.3 Å². The van der Waals surface area contributed by atoms with Gasteiger partial charge in [0.05, 0.1) is 37.3 Å². The van der Waals surface area contributed by atoms with E-state index in [9.17, 15) is 14.4 Å². The Labute approximate surface area is 209 Å². The molecule has 9 heteroatoms. The highest BCUT2D eigenvalue weighted by atomic mass is 16.5. The Hall–Kier alpha value is -3.88. The summed E-state index contributed by atoms with van der Waals surface area (Å²) < 4.78 is 10.7. The highest BCUT2D eigenvalue weighted by Gasteiger charge is 2.43. The number of benzene rings is 2. The van der Waals surface area contributed by atoms with Crippen molar-refractivity contribution >= 4 is 22.6 Å². The molecule has 0 saturated carbocycles. The van der Waals surface area contributed by atoms with Gasteiger partial charge in [-0.3, -0.25) is 14.4 Å². The summed E-state index contributed by atoms with van der Waals surface area (Å²) in [6.07, 6.45) is 2.75. The van der Waals surface area contributed by atoms with Gasteiger partial charge in [-0.05, 0) is 48.9 Å². The third-order valence-corrected chi connectivity index (χ3v) is 7.63. The number of hydrogen-bond acceptors (Lipinski definition) is 6. The van der Waals surface area contributed by atoms with Crippen molar-refractivity contribution in [3.63, 3.8) is 0 Å². The van der Waals surface area contributed by atoms with Gasteiger partial charge in [-0.25, -0.2) is 5.10 Å². The van der Waals surface area contributed by atoms with Crippen molar-refractivity contribution in [2.24, 2.45) is 5.41 Å². The molecule has 3 aromatic rings. The normalized spacial score (nSPS) is 16.9. The van der Waals surface area contributed by atoms with E-state index in [2.05, 4.69) is 10.2 Å². The maximum atomic E-state index is 13.3. The Morgan fingerprint density at radius 2 is 1.67 bits per heavy atom. The van der Waals surface area contributed by atoms with Crippen molar-refractivity contribution in [3.05, 3.63) is 64.1 Å². The molecule has 0 bridgehead atoms. The minimum absolute atomic E-state index is 0.0104. The second kappa shape index (κ2) is 9.64. The van der Waals surface area contributed by atoms with Gasteiger partial charge in [0.25, 0.3) is 11.5 Å². The van der Waals surface area contributed by atoms with E-state index in [-0.39, 0.29) is 29.2 Å². The average Bonchev–Trinajstić information content (AvgIpc) is 3.33. The van der Waals surface area contributed by atoms with E-state index < -0.39 is 0 Å². The Morgan fingerprint density at radius 1 is 0.972 bits per heavy atom. The fraction of sp³-hybridized carbons (Fsp3) is 0.407. The van der Waals surface area contributed by atoms with Gasteiger partial charge in [-0.15, -0.1) is 0 Å². The first-order valence-electron chi connectivity index (χ1n) is 12.2. The summed E-state index contributed by atoms with van der Waals surface area (Å²) in [7, 11) is 3.13. The van der Waals surface area contributed by atoms with Crippen LogP contribution < -0.4 is 15.0 Å². The zero-order chi connectivity index (χ0) is 25.3. The van der Waals surface area contributed by atoms with Gasteiger partial charge in [0.2, 0.25) is 5.91 Å². The number of carbonyl (C=O) groups is 2. The van der Waals surface area contributed by atoms with Crippen molar-refractivity contribution in [3.8, 4) is 11.5 Å². The average molecular weight is 491 g/mol. The zero-order valence-corrected chi connectivity index (χ0v) is 20.6. The fourth-order valence-electron chi connectivity index (χ4n) is 5.45. The van der Waals surface area contributed by atoms with E-state index >= 15 is 0 Å². The van der Waals surface area contributed by atoms with Crippen LogP contribution in [0, 0.1) is 5.41 Å². The Kier molecular flexibility index (Phi) is 6.38. The first-order valence-corrected chi connectivity index (χ1v) is 12.2. The maximum Gasteiger partial charge on any atom is 0.272 e. The molecule has 1 spiro atoms. The molecule has 2 saturated heterocycles. The predicted molar refractivity (Wildman–Crippen MR) is 134 cm³/mol. The van der Waals surface area contributed by atoms with E-state index in [4.69, 9.17) is 9.47 Å². The van der Waals surface area contributed by atoms with E-state index in [0.717, 1.165) is 19.3 Å². The van der Waals surface area contributed by atoms with E-state index in [1.54, 1.807) is 44.6 Å². The van der Waals surface area contributed by atoms with E-state index in [0.29, 0.717) is 59.7 Å². The molecule has 1 N–H and O–H groups in total. The third-order valence-electron chi connectivity index (χ3n) is 7.63. The molecule has 2 aliphatic rings. The molecule has 0 unspecified atom stereocenters. The molecule has 2 amide bonds. The van der Waals surface area contributed by atoms with Crippen molar-refractivity contribution in [1.82, 2.24) is 20.0 Å². The van der Waals surface area contributed by atoms with Crippen LogP contribution in [0.2, 0.25) is 0 Å². The molecule has 2 fully saturated rings. The molecular formula is C27H30N4O5. The third kappa shape index (κ3) is 4.41. The monoisotopic (exact) mass is 490 g/mol. The fourth-order valence-corrected chi connectivity index (χ4v) is 5.45. The van der Waals surface area contributed by atoms with Crippen LogP contribution in [0.5, 0.6) is 11.5 Å². The number of H-pyrrole nitrogens is 1. The van der Waals surface area contributed by atoms with Crippen LogP contribution in [-0.4, -0.2) is 72.2 Å². The van der Waals surface area contributed by atoms with Crippen molar-refractivity contribution < 1.29 is 19.1 Å². The first-order chi connectivity index (χ1) is 17.4. The zero-order valence-electron chi connectivity index (χ0n) is 20.6. The molecule has 1 aromatic heterocycles. The van der Waals surface area contributed by atoms with Gasteiger partial charge in [0, 0.05) is 31.6 Å². The van der Waals surface area contributed by atoms with Crippen LogP contribution in [0.1, 0.15) is 35.3 Å². The van der Waals surface area contributed by atoms with Gasteiger partial charge in [0.1, 0.15) is 11.5 Å². The predicted octanol–water partition coefficient (Wildman–Crippen LogP) is 2.64. The Bertz CT molecular complexity index is 1360. The van der Waals surface area contributed by atoms with Crippen LogP contribution in [0.25, 0.3) is 10.8 Å². The second-order valence-electron chi connectivity index (χ2n) is 9.65. The number of ether oxygens (including phenoxy) is 2.